The van der Waals surface area contributed by atoms with Crippen molar-refractivity contribution < 1.29 is 8.42 Å². The van der Waals surface area contributed by atoms with Crippen molar-refractivity contribution in [3.63, 3.8) is 0 Å². The molecule has 112 valence electrons. The Morgan fingerprint density at radius 2 is 1.62 bits per heavy atom. The summed E-state index contributed by atoms with van der Waals surface area (Å²) in [5.41, 5.74) is 3.09. The van der Waals surface area contributed by atoms with Gasteiger partial charge in [0.1, 0.15) is 4.90 Å². The first-order valence-corrected chi connectivity index (χ1v) is 8.54. The van der Waals surface area contributed by atoms with Crippen LogP contribution in [-0.4, -0.2) is 8.42 Å². The van der Waals surface area contributed by atoms with E-state index in [1.54, 1.807) is 0 Å². The monoisotopic (exact) mass is 343 g/mol. The molecule has 0 aliphatic rings. The third-order valence-electron chi connectivity index (χ3n) is 2.93. The summed E-state index contributed by atoms with van der Waals surface area (Å²) in [4.78, 5) is 0.0259. The van der Waals surface area contributed by atoms with E-state index in [-0.39, 0.29) is 16.5 Å². The van der Waals surface area contributed by atoms with Crippen molar-refractivity contribution in [1.29, 1.82) is 0 Å². The predicted octanol–water partition coefficient (Wildman–Crippen LogP) is 4.09. The van der Waals surface area contributed by atoms with E-state index in [1.165, 1.54) is 18.2 Å². The molecule has 21 heavy (non-hydrogen) atoms. The zero-order valence-electron chi connectivity index (χ0n) is 11.7. The summed E-state index contributed by atoms with van der Waals surface area (Å²) >= 11 is 11.7. The van der Waals surface area contributed by atoms with Gasteiger partial charge in [0.2, 0.25) is 10.0 Å². The maximum absolute atomic E-state index is 12.3. The summed E-state index contributed by atoms with van der Waals surface area (Å²) in [5, 5.41) is 0.503. The Morgan fingerprint density at radius 3 is 2.19 bits per heavy atom. The molecular formula is C15H15Cl2NO2S. The maximum atomic E-state index is 12.3. The van der Waals surface area contributed by atoms with Crippen molar-refractivity contribution in [3.05, 3.63) is 63.1 Å². The van der Waals surface area contributed by atoms with Crippen LogP contribution in [0.4, 0.5) is 0 Å². The molecule has 0 aromatic heterocycles. The van der Waals surface area contributed by atoms with E-state index in [4.69, 9.17) is 23.2 Å². The molecule has 2 rings (SSSR count). The zero-order chi connectivity index (χ0) is 15.6. The van der Waals surface area contributed by atoms with E-state index in [0.29, 0.717) is 5.02 Å². The number of sulfonamides is 1. The highest BCUT2D eigenvalue weighted by Gasteiger charge is 2.17. The van der Waals surface area contributed by atoms with E-state index in [9.17, 15) is 8.42 Å². The van der Waals surface area contributed by atoms with Gasteiger partial charge in [0.15, 0.2) is 0 Å². The quantitative estimate of drug-likeness (QED) is 0.908. The number of hydrogen-bond donors (Lipinski definition) is 1. The van der Waals surface area contributed by atoms with Gasteiger partial charge >= 0.3 is 0 Å². The molecule has 0 radical (unpaired) electrons. The molecule has 0 amide bonds. The van der Waals surface area contributed by atoms with Crippen LogP contribution in [-0.2, 0) is 16.6 Å². The van der Waals surface area contributed by atoms with Gasteiger partial charge in [0.05, 0.1) is 5.02 Å². The molecule has 6 heteroatoms. The number of hydrogen-bond acceptors (Lipinski definition) is 2. The van der Waals surface area contributed by atoms with Gasteiger partial charge in [0, 0.05) is 11.6 Å². The number of nitrogens with one attached hydrogen (secondary N) is 1. The molecule has 0 aliphatic carbocycles. The minimum Gasteiger partial charge on any atom is -0.207 e. The Kier molecular flexibility index (Phi) is 4.94. The zero-order valence-corrected chi connectivity index (χ0v) is 14.0. The van der Waals surface area contributed by atoms with Crippen LogP contribution in [0.5, 0.6) is 0 Å². The Morgan fingerprint density at radius 1 is 1.00 bits per heavy atom. The lowest BCUT2D eigenvalue weighted by Gasteiger charge is -2.10. The second kappa shape index (κ2) is 6.36. The molecule has 0 heterocycles. The SMILES string of the molecule is Cc1cc(C)cc(CNS(=O)(=O)c2ccc(Cl)cc2Cl)c1. The maximum Gasteiger partial charge on any atom is 0.242 e. The van der Waals surface area contributed by atoms with E-state index in [0.717, 1.165) is 16.7 Å². The van der Waals surface area contributed by atoms with Crippen LogP contribution in [0.3, 0.4) is 0 Å². The minimum absolute atomic E-state index is 0.0259. The first-order chi connectivity index (χ1) is 9.78. The molecule has 2 aromatic carbocycles. The number of benzene rings is 2. The summed E-state index contributed by atoms with van der Waals surface area (Å²) in [5.74, 6) is 0. The fourth-order valence-corrected chi connectivity index (χ4v) is 3.91. The summed E-state index contributed by atoms with van der Waals surface area (Å²) in [6.45, 7) is 4.16. The summed E-state index contributed by atoms with van der Waals surface area (Å²) in [7, 11) is -3.67. The van der Waals surface area contributed by atoms with Crippen LogP contribution >= 0.6 is 23.2 Å². The van der Waals surface area contributed by atoms with Gasteiger partial charge in [0.25, 0.3) is 0 Å². The fraction of sp³-hybridized carbons (Fsp3) is 0.200. The van der Waals surface area contributed by atoms with E-state index < -0.39 is 10.0 Å². The molecule has 0 bridgehead atoms. The van der Waals surface area contributed by atoms with Gasteiger partial charge in [-0.2, -0.15) is 0 Å². The Labute approximate surface area is 135 Å². The lowest BCUT2D eigenvalue weighted by molar-refractivity contribution is 0.581. The number of halogens is 2. The number of aryl methyl sites for hydroxylation is 2. The van der Waals surface area contributed by atoms with Crippen LogP contribution in [0.15, 0.2) is 41.3 Å². The molecular weight excluding hydrogens is 329 g/mol. The van der Waals surface area contributed by atoms with Gasteiger partial charge in [-0.25, -0.2) is 13.1 Å². The van der Waals surface area contributed by atoms with Gasteiger partial charge in [-0.3, -0.25) is 0 Å². The van der Waals surface area contributed by atoms with E-state index in [1.807, 2.05) is 32.0 Å². The molecule has 0 fully saturated rings. The molecule has 0 aliphatic heterocycles. The van der Waals surface area contributed by atoms with E-state index in [2.05, 4.69) is 4.72 Å². The van der Waals surface area contributed by atoms with Crippen molar-refractivity contribution in [1.82, 2.24) is 4.72 Å². The average molecular weight is 344 g/mol. The molecule has 3 nitrogen and oxygen atoms in total. The van der Waals surface area contributed by atoms with Gasteiger partial charge in [-0.1, -0.05) is 52.5 Å². The highest BCUT2D eigenvalue weighted by atomic mass is 35.5. The Hall–Kier alpha value is -1.07. The summed E-state index contributed by atoms with van der Waals surface area (Å²) in [6.07, 6.45) is 0. The van der Waals surface area contributed by atoms with Crippen LogP contribution in [0, 0.1) is 13.8 Å². The molecule has 0 saturated carbocycles. The van der Waals surface area contributed by atoms with Crippen LogP contribution in [0.1, 0.15) is 16.7 Å². The molecule has 0 saturated heterocycles. The number of rotatable bonds is 4. The lowest BCUT2D eigenvalue weighted by atomic mass is 10.1. The van der Waals surface area contributed by atoms with Crippen LogP contribution in [0.2, 0.25) is 10.0 Å². The normalized spacial score (nSPS) is 11.6. The third kappa shape index (κ3) is 4.20. The third-order valence-corrected chi connectivity index (χ3v) is 5.05. The fourth-order valence-electron chi connectivity index (χ4n) is 2.12. The van der Waals surface area contributed by atoms with Crippen molar-refractivity contribution in [2.24, 2.45) is 0 Å². The second-order valence-corrected chi connectivity index (χ2v) is 7.47. The topological polar surface area (TPSA) is 46.2 Å². The Bertz CT molecular complexity index is 753. The molecule has 0 atom stereocenters. The van der Waals surface area contributed by atoms with Gasteiger partial charge < -0.3 is 0 Å². The van der Waals surface area contributed by atoms with Gasteiger partial charge in [-0.05, 0) is 37.6 Å². The molecule has 2 aromatic rings. The molecule has 0 unspecified atom stereocenters. The van der Waals surface area contributed by atoms with Crippen LogP contribution < -0.4 is 4.72 Å². The van der Waals surface area contributed by atoms with Crippen LogP contribution in [0.25, 0.3) is 0 Å². The van der Waals surface area contributed by atoms with E-state index >= 15 is 0 Å². The highest BCUT2D eigenvalue weighted by molar-refractivity contribution is 7.89. The van der Waals surface area contributed by atoms with Gasteiger partial charge in [-0.15, -0.1) is 0 Å². The van der Waals surface area contributed by atoms with Crippen molar-refractivity contribution in [2.45, 2.75) is 25.3 Å². The standard InChI is InChI=1S/C15H15Cl2NO2S/c1-10-5-11(2)7-12(6-10)9-18-21(19,20)15-4-3-13(16)8-14(15)17/h3-8,18H,9H2,1-2H3. The average Bonchev–Trinajstić information content (AvgIpc) is 2.35. The smallest absolute Gasteiger partial charge is 0.207 e. The highest BCUT2D eigenvalue weighted by Crippen LogP contribution is 2.25. The largest absolute Gasteiger partial charge is 0.242 e. The second-order valence-electron chi connectivity index (χ2n) is 4.90. The van der Waals surface area contributed by atoms with Crippen molar-refractivity contribution in [2.75, 3.05) is 0 Å². The predicted molar refractivity (Wildman–Crippen MR) is 86.4 cm³/mol. The summed E-state index contributed by atoms with van der Waals surface area (Å²) in [6, 6.07) is 10.2. The van der Waals surface area contributed by atoms with Crippen molar-refractivity contribution in [3.8, 4) is 0 Å². The summed E-state index contributed by atoms with van der Waals surface area (Å²) < 4.78 is 27.1. The molecule has 1 N–H and O–H groups in total. The van der Waals surface area contributed by atoms with Crippen molar-refractivity contribution >= 4 is 33.2 Å². The first kappa shape index (κ1) is 16.3. The Balaban J connectivity index is 2.21. The first-order valence-electron chi connectivity index (χ1n) is 6.30. The molecule has 0 spiro atoms. The minimum atomic E-state index is -3.67. The lowest BCUT2D eigenvalue weighted by Crippen LogP contribution is -2.23.